The minimum atomic E-state index is 0.599. The lowest BCUT2D eigenvalue weighted by Gasteiger charge is -2.12. The highest BCUT2D eigenvalue weighted by Crippen LogP contribution is 2.12. The van der Waals surface area contributed by atoms with E-state index in [2.05, 4.69) is 24.1 Å². The van der Waals surface area contributed by atoms with E-state index in [1.807, 2.05) is 12.1 Å². The van der Waals surface area contributed by atoms with Gasteiger partial charge in [-0.05, 0) is 37.1 Å². The molecule has 0 fully saturated rings. The lowest BCUT2D eigenvalue weighted by atomic mass is 10.0. The van der Waals surface area contributed by atoms with E-state index in [0.29, 0.717) is 11.7 Å². The topological polar surface area (TPSA) is 50.9 Å². The number of nitrogen functional groups attached to an aromatic ring is 1. The van der Waals surface area contributed by atoms with Crippen LogP contribution >= 0.6 is 0 Å². The zero-order chi connectivity index (χ0) is 10.4. The van der Waals surface area contributed by atoms with Crippen molar-refractivity contribution in [3.8, 4) is 0 Å². The van der Waals surface area contributed by atoms with Crippen molar-refractivity contribution in [2.45, 2.75) is 20.3 Å². The van der Waals surface area contributed by atoms with Gasteiger partial charge in [-0.25, -0.2) is 4.98 Å². The lowest BCUT2D eigenvalue weighted by Crippen LogP contribution is -2.22. The van der Waals surface area contributed by atoms with Crippen LogP contribution < -0.4 is 11.1 Å². The Balaban J connectivity index is 2.47. The fourth-order valence-corrected chi connectivity index (χ4v) is 1.46. The first kappa shape index (κ1) is 11.0. The Hall–Kier alpha value is -1.09. The molecule has 1 aromatic rings. The normalized spacial score (nSPS) is 12.7. The predicted octanol–water partition coefficient (Wildman–Crippen LogP) is 1.45. The molecule has 1 unspecified atom stereocenters. The highest BCUT2D eigenvalue weighted by molar-refractivity contribution is 5.38. The summed E-state index contributed by atoms with van der Waals surface area (Å²) in [5.41, 5.74) is 6.92. The van der Waals surface area contributed by atoms with E-state index >= 15 is 0 Å². The summed E-state index contributed by atoms with van der Waals surface area (Å²) < 4.78 is 0. The molecule has 1 aromatic heterocycles. The van der Waals surface area contributed by atoms with Crippen molar-refractivity contribution < 1.29 is 0 Å². The third kappa shape index (κ3) is 3.34. The molecule has 0 spiro atoms. The molecule has 0 aliphatic rings. The van der Waals surface area contributed by atoms with Crippen LogP contribution in [0, 0.1) is 5.92 Å². The number of hydrogen-bond donors (Lipinski definition) is 2. The Morgan fingerprint density at radius 3 is 3.00 bits per heavy atom. The molecule has 0 bridgehead atoms. The predicted molar refractivity (Wildman–Crippen MR) is 60.1 cm³/mol. The maximum atomic E-state index is 5.77. The second kappa shape index (κ2) is 5.60. The average molecular weight is 193 g/mol. The van der Waals surface area contributed by atoms with E-state index in [0.717, 1.165) is 25.1 Å². The third-order valence-electron chi connectivity index (χ3n) is 2.24. The van der Waals surface area contributed by atoms with Crippen LogP contribution in [-0.4, -0.2) is 18.1 Å². The largest absolute Gasteiger partial charge is 0.383 e. The number of nitrogens with one attached hydrogen (secondary N) is 1. The van der Waals surface area contributed by atoms with Gasteiger partial charge in [0.2, 0.25) is 0 Å². The molecule has 1 heterocycles. The molecule has 0 radical (unpaired) electrons. The van der Waals surface area contributed by atoms with Crippen molar-refractivity contribution in [3.05, 3.63) is 23.9 Å². The van der Waals surface area contributed by atoms with Gasteiger partial charge in [-0.3, -0.25) is 0 Å². The van der Waals surface area contributed by atoms with Crippen LogP contribution in [-0.2, 0) is 6.42 Å². The molecule has 0 amide bonds. The zero-order valence-corrected chi connectivity index (χ0v) is 8.96. The van der Waals surface area contributed by atoms with E-state index < -0.39 is 0 Å². The first-order chi connectivity index (χ1) is 6.74. The standard InChI is InChI=1S/C11H19N3/c1-3-13-8-9(2)7-10-5-4-6-14-11(10)12/h4-6,9,13H,3,7-8H2,1-2H3,(H2,12,14). The Kier molecular flexibility index (Phi) is 4.40. The summed E-state index contributed by atoms with van der Waals surface area (Å²) in [5, 5.41) is 3.33. The molecule has 0 saturated carbocycles. The zero-order valence-electron chi connectivity index (χ0n) is 8.96. The van der Waals surface area contributed by atoms with E-state index in [4.69, 9.17) is 5.73 Å². The van der Waals surface area contributed by atoms with Gasteiger partial charge in [0.05, 0.1) is 0 Å². The van der Waals surface area contributed by atoms with E-state index in [-0.39, 0.29) is 0 Å². The van der Waals surface area contributed by atoms with Gasteiger partial charge in [0.25, 0.3) is 0 Å². The van der Waals surface area contributed by atoms with E-state index in [1.165, 1.54) is 0 Å². The molecule has 1 atom stereocenters. The number of aromatic nitrogens is 1. The molecule has 1 rings (SSSR count). The summed E-state index contributed by atoms with van der Waals surface area (Å²) in [7, 11) is 0. The van der Waals surface area contributed by atoms with Crippen LogP contribution in [0.15, 0.2) is 18.3 Å². The van der Waals surface area contributed by atoms with Gasteiger partial charge in [-0.15, -0.1) is 0 Å². The van der Waals surface area contributed by atoms with Crippen molar-refractivity contribution in [1.82, 2.24) is 10.3 Å². The monoisotopic (exact) mass is 193 g/mol. The van der Waals surface area contributed by atoms with Crippen molar-refractivity contribution in [2.24, 2.45) is 5.92 Å². The number of hydrogen-bond acceptors (Lipinski definition) is 3. The summed E-state index contributed by atoms with van der Waals surface area (Å²) in [6.07, 6.45) is 2.72. The average Bonchev–Trinajstić information content (AvgIpc) is 2.18. The van der Waals surface area contributed by atoms with Crippen LogP contribution in [0.5, 0.6) is 0 Å². The SMILES string of the molecule is CCNCC(C)Cc1cccnc1N. The van der Waals surface area contributed by atoms with Crippen molar-refractivity contribution in [1.29, 1.82) is 0 Å². The molecule has 3 nitrogen and oxygen atoms in total. The molecule has 0 aliphatic carbocycles. The first-order valence-corrected chi connectivity index (χ1v) is 5.14. The molecule has 0 saturated heterocycles. The summed E-state index contributed by atoms with van der Waals surface area (Å²) >= 11 is 0. The third-order valence-corrected chi connectivity index (χ3v) is 2.24. The minimum Gasteiger partial charge on any atom is -0.383 e. The lowest BCUT2D eigenvalue weighted by molar-refractivity contribution is 0.521. The molecule has 14 heavy (non-hydrogen) atoms. The second-order valence-corrected chi connectivity index (χ2v) is 3.66. The summed E-state index contributed by atoms with van der Waals surface area (Å²) in [6.45, 7) is 6.39. The Morgan fingerprint density at radius 1 is 1.57 bits per heavy atom. The van der Waals surface area contributed by atoms with Gasteiger partial charge in [0.15, 0.2) is 0 Å². The van der Waals surface area contributed by atoms with Gasteiger partial charge in [0.1, 0.15) is 5.82 Å². The summed E-state index contributed by atoms with van der Waals surface area (Å²) in [5.74, 6) is 1.26. The molecule has 0 aromatic carbocycles. The summed E-state index contributed by atoms with van der Waals surface area (Å²) in [4.78, 5) is 4.07. The summed E-state index contributed by atoms with van der Waals surface area (Å²) in [6, 6.07) is 3.98. The molecule has 0 aliphatic heterocycles. The molecule has 3 N–H and O–H groups in total. The minimum absolute atomic E-state index is 0.599. The van der Waals surface area contributed by atoms with Crippen LogP contribution in [0.1, 0.15) is 19.4 Å². The Labute approximate surface area is 85.7 Å². The van der Waals surface area contributed by atoms with Crippen molar-refractivity contribution in [3.63, 3.8) is 0 Å². The first-order valence-electron chi connectivity index (χ1n) is 5.14. The van der Waals surface area contributed by atoms with Gasteiger partial charge >= 0.3 is 0 Å². The molecule has 78 valence electrons. The van der Waals surface area contributed by atoms with E-state index in [1.54, 1.807) is 6.20 Å². The molecular weight excluding hydrogens is 174 g/mol. The number of anilines is 1. The number of nitrogens with zero attached hydrogens (tertiary/aromatic N) is 1. The molecular formula is C11H19N3. The second-order valence-electron chi connectivity index (χ2n) is 3.66. The highest BCUT2D eigenvalue weighted by Gasteiger charge is 2.05. The number of pyridine rings is 1. The van der Waals surface area contributed by atoms with Gasteiger partial charge in [-0.1, -0.05) is 19.9 Å². The number of rotatable bonds is 5. The van der Waals surface area contributed by atoms with Crippen LogP contribution in [0.4, 0.5) is 5.82 Å². The van der Waals surface area contributed by atoms with E-state index in [9.17, 15) is 0 Å². The van der Waals surface area contributed by atoms with Crippen LogP contribution in [0.2, 0.25) is 0 Å². The van der Waals surface area contributed by atoms with Crippen molar-refractivity contribution in [2.75, 3.05) is 18.8 Å². The number of nitrogens with two attached hydrogens (primary N) is 1. The fourth-order valence-electron chi connectivity index (χ4n) is 1.46. The van der Waals surface area contributed by atoms with Crippen molar-refractivity contribution >= 4 is 5.82 Å². The quantitative estimate of drug-likeness (QED) is 0.744. The maximum absolute atomic E-state index is 5.77. The van der Waals surface area contributed by atoms with Gasteiger partial charge in [-0.2, -0.15) is 0 Å². The fraction of sp³-hybridized carbons (Fsp3) is 0.545. The molecule has 3 heteroatoms. The Bertz CT molecular complexity index is 273. The van der Waals surface area contributed by atoms with Gasteiger partial charge < -0.3 is 11.1 Å². The maximum Gasteiger partial charge on any atom is 0.126 e. The van der Waals surface area contributed by atoms with Crippen LogP contribution in [0.3, 0.4) is 0 Å². The highest BCUT2D eigenvalue weighted by atomic mass is 14.8. The van der Waals surface area contributed by atoms with Gasteiger partial charge in [0, 0.05) is 6.20 Å². The Morgan fingerprint density at radius 2 is 2.36 bits per heavy atom. The smallest absolute Gasteiger partial charge is 0.126 e. The van der Waals surface area contributed by atoms with Crippen LogP contribution in [0.25, 0.3) is 0 Å².